The van der Waals surface area contributed by atoms with Crippen LogP contribution in [0.2, 0.25) is 0 Å². The number of hydrogen-bond acceptors (Lipinski definition) is 6. The lowest BCUT2D eigenvalue weighted by atomic mass is 10.1. The minimum atomic E-state index is -4.53. The van der Waals surface area contributed by atoms with Crippen LogP contribution >= 0.6 is 0 Å². The SMILES string of the molecule is CN1CCN(c2ccc(NC(=O)Cn3cc(-c4ccnc(C(F)(F)F)c4)cn3)nc2)CC1. The normalized spacial score (nSPS) is 15.1. The number of aromatic nitrogens is 4. The Bertz CT molecular complexity index is 1070. The van der Waals surface area contributed by atoms with Crippen molar-refractivity contribution in [2.24, 2.45) is 0 Å². The average Bonchev–Trinajstić information content (AvgIpc) is 3.23. The largest absolute Gasteiger partial charge is 0.433 e. The van der Waals surface area contributed by atoms with Crippen LogP contribution < -0.4 is 10.2 Å². The summed E-state index contributed by atoms with van der Waals surface area (Å²) < 4.78 is 40.0. The second-order valence-electron chi connectivity index (χ2n) is 7.59. The first-order valence-electron chi connectivity index (χ1n) is 10.0. The fourth-order valence-electron chi connectivity index (χ4n) is 3.41. The third-order valence-corrected chi connectivity index (χ3v) is 5.21. The van der Waals surface area contributed by atoms with Crippen molar-refractivity contribution in [2.75, 3.05) is 43.4 Å². The van der Waals surface area contributed by atoms with Crippen molar-refractivity contribution in [2.45, 2.75) is 12.7 Å². The Morgan fingerprint density at radius 2 is 1.84 bits per heavy atom. The van der Waals surface area contributed by atoms with Crippen LogP contribution in [0.3, 0.4) is 0 Å². The fourth-order valence-corrected chi connectivity index (χ4v) is 3.41. The first-order chi connectivity index (χ1) is 15.3. The lowest BCUT2D eigenvalue weighted by Crippen LogP contribution is -2.44. The van der Waals surface area contributed by atoms with E-state index in [9.17, 15) is 18.0 Å². The summed E-state index contributed by atoms with van der Waals surface area (Å²) in [6.07, 6.45) is 1.22. The summed E-state index contributed by atoms with van der Waals surface area (Å²) in [5, 5.41) is 6.78. The van der Waals surface area contributed by atoms with E-state index in [-0.39, 0.29) is 12.5 Å². The third-order valence-electron chi connectivity index (χ3n) is 5.21. The van der Waals surface area contributed by atoms with Crippen molar-refractivity contribution in [3.63, 3.8) is 0 Å². The van der Waals surface area contributed by atoms with Crippen molar-refractivity contribution in [3.8, 4) is 11.1 Å². The van der Waals surface area contributed by atoms with Crippen LogP contribution in [-0.4, -0.2) is 63.8 Å². The molecular formula is C21H22F3N7O. The summed E-state index contributed by atoms with van der Waals surface area (Å²) in [7, 11) is 2.09. The highest BCUT2D eigenvalue weighted by atomic mass is 19.4. The van der Waals surface area contributed by atoms with E-state index in [2.05, 4.69) is 37.2 Å². The molecule has 8 nitrogen and oxygen atoms in total. The van der Waals surface area contributed by atoms with Gasteiger partial charge < -0.3 is 15.1 Å². The Hall–Kier alpha value is -3.47. The Morgan fingerprint density at radius 1 is 1.06 bits per heavy atom. The quantitative estimate of drug-likeness (QED) is 0.651. The van der Waals surface area contributed by atoms with E-state index in [4.69, 9.17) is 0 Å². The van der Waals surface area contributed by atoms with Crippen molar-refractivity contribution in [3.05, 3.63) is 54.7 Å². The summed E-state index contributed by atoms with van der Waals surface area (Å²) in [5.41, 5.74) is 0.801. The molecule has 0 aliphatic carbocycles. The molecule has 4 heterocycles. The zero-order valence-electron chi connectivity index (χ0n) is 17.4. The minimum absolute atomic E-state index is 0.0981. The number of pyridine rings is 2. The zero-order chi connectivity index (χ0) is 22.7. The summed E-state index contributed by atoms with van der Waals surface area (Å²) in [6, 6.07) is 6.08. The van der Waals surface area contributed by atoms with Crippen molar-refractivity contribution >= 4 is 17.4 Å². The number of amides is 1. The zero-order valence-corrected chi connectivity index (χ0v) is 17.4. The summed E-state index contributed by atoms with van der Waals surface area (Å²) in [5.74, 6) is 0.0782. The number of nitrogens with one attached hydrogen (secondary N) is 1. The van der Waals surface area contributed by atoms with E-state index in [0.29, 0.717) is 16.9 Å². The monoisotopic (exact) mass is 445 g/mol. The summed E-state index contributed by atoms with van der Waals surface area (Å²) in [6.45, 7) is 3.72. The second-order valence-corrected chi connectivity index (χ2v) is 7.59. The van der Waals surface area contributed by atoms with Gasteiger partial charge in [-0.25, -0.2) is 4.98 Å². The molecular weight excluding hydrogens is 423 g/mol. The molecule has 1 aliphatic heterocycles. The molecule has 1 amide bonds. The van der Waals surface area contributed by atoms with Crippen LogP contribution in [0.25, 0.3) is 11.1 Å². The van der Waals surface area contributed by atoms with E-state index in [1.807, 2.05) is 6.07 Å². The highest BCUT2D eigenvalue weighted by Gasteiger charge is 2.32. The van der Waals surface area contributed by atoms with Crippen LogP contribution in [0.1, 0.15) is 5.69 Å². The molecule has 1 N–H and O–H groups in total. The predicted octanol–water partition coefficient (Wildman–Crippen LogP) is 2.75. The maximum absolute atomic E-state index is 12.9. The van der Waals surface area contributed by atoms with Crippen LogP contribution in [-0.2, 0) is 17.5 Å². The lowest BCUT2D eigenvalue weighted by Gasteiger charge is -2.33. The van der Waals surface area contributed by atoms with E-state index in [1.165, 1.54) is 23.1 Å². The molecule has 3 aromatic heterocycles. The van der Waals surface area contributed by atoms with Gasteiger partial charge in [-0.05, 0) is 36.9 Å². The van der Waals surface area contributed by atoms with Gasteiger partial charge in [0.05, 0.1) is 18.1 Å². The number of halogens is 3. The number of hydrogen-bond donors (Lipinski definition) is 1. The molecule has 168 valence electrons. The molecule has 0 bridgehead atoms. The third kappa shape index (κ3) is 5.22. The minimum Gasteiger partial charge on any atom is -0.368 e. The molecule has 11 heteroatoms. The van der Waals surface area contributed by atoms with Crippen LogP contribution in [0.15, 0.2) is 49.1 Å². The van der Waals surface area contributed by atoms with Gasteiger partial charge in [0.2, 0.25) is 5.91 Å². The molecule has 1 fully saturated rings. The number of piperazine rings is 1. The van der Waals surface area contributed by atoms with Gasteiger partial charge >= 0.3 is 6.18 Å². The maximum Gasteiger partial charge on any atom is 0.433 e. The lowest BCUT2D eigenvalue weighted by molar-refractivity contribution is -0.141. The van der Waals surface area contributed by atoms with Crippen molar-refractivity contribution < 1.29 is 18.0 Å². The molecule has 32 heavy (non-hydrogen) atoms. The van der Waals surface area contributed by atoms with E-state index >= 15 is 0 Å². The van der Waals surface area contributed by atoms with Gasteiger partial charge in [0.15, 0.2) is 0 Å². The summed E-state index contributed by atoms with van der Waals surface area (Å²) >= 11 is 0. The van der Waals surface area contributed by atoms with Gasteiger partial charge in [-0.1, -0.05) is 0 Å². The van der Waals surface area contributed by atoms with E-state index in [0.717, 1.165) is 44.1 Å². The maximum atomic E-state index is 12.9. The number of carbonyl (C=O) groups is 1. The molecule has 4 rings (SSSR count). The van der Waals surface area contributed by atoms with Gasteiger partial charge in [0.1, 0.15) is 18.1 Å². The molecule has 0 spiro atoms. The molecule has 0 unspecified atom stereocenters. The predicted molar refractivity (Wildman–Crippen MR) is 113 cm³/mol. The fraction of sp³-hybridized carbons (Fsp3) is 0.333. The van der Waals surface area contributed by atoms with Crippen LogP contribution in [0.4, 0.5) is 24.7 Å². The molecule has 1 aliphatic rings. The first kappa shape index (κ1) is 21.8. The molecule has 0 saturated carbocycles. The summed E-state index contributed by atoms with van der Waals surface area (Å²) in [4.78, 5) is 24.5. The Kier molecular flexibility index (Phi) is 6.08. The Morgan fingerprint density at radius 3 is 2.53 bits per heavy atom. The number of carbonyl (C=O) groups excluding carboxylic acids is 1. The Labute approximate surface area is 182 Å². The molecule has 1 saturated heterocycles. The number of rotatable bonds is 5. The molecule has 0 radical (unpaired) electrons. The van der Waals surface area contributed by atoms with Gasteiger partial charge in [-0.2, -0.15) is 18.3 Å². The molecule has 3 aromatic rings. The number of nitrogens with zero attached hydrogens (tertiary/aromatic N) is 6. The molecule has 0 aromatic carbocycles. The topological polar surface area (TPSA) is 79.2 Å². The average molecular weight is 445 g/mol. The smallest absolute Gasteiger partial charge is 0.368 e. The van der Waals surface area contributed by atoms with E-state index < -0.39 is 11.9 Å². The highest BCUT2D eigenvalue weighted by molar-refractivity contribution is 5.89. The number of anilines is 2. The van der Waals surface area contributed by atoms with Gasteiger partial charge in [0, 0.05) is 44.1 Å². The van der Waals surface area contributed by atoms with Gasteiger partial charge in [-0.3, -0.25) is 14.5 Å². The molecule has 0 atom stereocenters. The van der Waals surface area contributed by atoms with Crippen LogP contribution in [0, 0.1) is 0 Å². The highest BCUT2D eigenvalue weighted by Crippen LogP contribution is 2.30. The number of alkyl halides is 3. The number of likely N-dealkylation sites (N-methyl/N-ethyl adjacent to an activating group) is 1. The first-order valence-corrected chi connectivity index (χ1v) is 10.0. The Balaban J connectivity index is 1.36. The van der Waals surface area contributed by atoms with Crippen LogP contribution in [0.5, 0.6) is 0 Å². The van der Waals surface area contributed by atoms with Gasteiger partial charge in [0.25, 0.3) is 0 Å². The second kappa shape index (κ2) is 8.95. The van der Waals surface area contributed by atoms with Crippen molar-refractivity contribution in [1.82, 2.24) is 24.6 Å². The van der Waals surface area contributed by atoms with Crippen molar-refractivity contribution in [1.29, 1.82) is 0 Å². The standard InChI is InChI=1S/C21H22F3N7O/c1-29-6-8-30(9-7-29)17-2-3-19(26-12-17)28-20(32)14-31-13-16(11-27-31)15-4-5-25-18(10-15)21(22,23)24/h2-5,10-13H,6-9,14H2,1H3,(H,26,28,32). The van der Waals surface area contributed by atoms with Gasteiger partial charge in [-0.15, -0.1) is 0 Å². The van der Waals surface area contributed by atoms with E-state index in [1.54, 1.807) is 12.3 Å².